The number of aliphatic hydroxyl groups excluding tert-OH is 1. The van der Waals surface area contributed by atoms with Gasteiger partial charge in [0, 0.05) is 17.3 Å². The van der Waals surface area contributed by atoms with Gasteiger partial charge in [-0.2, -0.15) is 0 Å². The summed E-state index contributed by atoms with van der Waals surface area (Å²) in [5.41, 5.74) is 2.09. The van der Waals surface area contributed by atoms with E-state index in [2.05, 4.69) is 5.32 Å². The highest BCUT2D eigenvalue weighted by Crippen LogP contribution is 2.29. The quantitative estimate of drug-likeness (QED) is 0.342. The number of ether oxygens (including phenoxy) is 3. The summed E-state index contributed by atoms with van der Waals surface area (Å²) in [6, 6.07) is 22.8. The van der Waals surface area contributed by atoms with Crippen LogP contribution in [0.4, 0.5) is 10.5 Å². The van der Waals surface area contributed by atoms with Crippen molar-refractivity contribution in [2.75, 3.05) is 18.5 Å². The molecule has 0 radical (unpaired) electrons. The minimum atomic E-state index is -1.17. The van der Waals surface area contributed by atoms with E-state index < -0.39 is 24.3 Å². The molecule has 8 heteroatoms. The molecular weight excluding hydrogens is 450 g/mol. The van der Waals surface area contributed by atoms with Gasteiger partial charge >= 0.3 is 12.1 Å². The van der Waals surface area contributed by atoms with Crippen molar-refractivity contribution in [2.24, 2.45) is 0 Å². The Balaban J connectivity index is 1.94. The van der Waals surface area contributed by atoms with Crippen LogP contribution >= 0.6 is 0 Å². The van der Waals surface area contributed by atoms with Gasteiger partial charge in [-0.1, -0.05) is 48.0 Å². The summed E-state index contributed by atoms with van der Waals surface area (Å²) in [4.78, 5) is 24.1. The molecule has 3 aromatic rings. The number of aryl methyl sites for hydroxylation is 1. The van der Waals surface area contributed by atoms with Crippen molar-refractivity contribution in [2.45, 2.75) is 19.1 Å². The number of hydrogen-bond donors (Lipinski definition) is 3. The highest BCUT2D eigenvalue weighted by atomic mass is 16.6. The lowest BCUT2D eigenvalue weighted by atomic mass is 10.0. The van der Waals surface area contributed by atoms with Crippen LogP contribution < -0.4 is 14.8 Å². The number of para-hydroxylation sites is 1. The number of benzene rings is 3. The number of aliphatic carboxylic acids is 1. The van der Waals surface area contributed by atoms with E-state index in [-0.39, 0.29) is 13.2 Å². The number of nitrogens with one attached hydrogen (secondary N) is 1. The van der Waals surface area contributed by atoms with E-state index in [0.29, 0.717) is 22.7 Å². The highest BCUT2D eigenvalue weighted by Gasteiger charge is 2.28. The molecule has 3 N–H and O–H groups in total. The van der Waals surface area contributed by atoms with Crippen LogP contribution in [0.5, 0.6) is 11.5 Å². The monoisotopic (exact) mass is 477 g/mol. The Morgan fingerprint density at radius 3 is 2.37 bits per heavy atom. The van der Waals surface area contributed by atoms with E-state index in [1.165, 1.54) is 6.08 Å². The average Bonchev–Trinajstić information content (AvgIpc) is 2.86. The van der Waals surface area contributed by atoms with Crippen LogP contribution in [0.3, 0.4) is 0 Å². The van der Waals surface area contributed by atoms with Crippen molar-refractivity contribution < 1.29 is 34.0 Å². The van der Waals surface area contributed by atoms with Crippen molar-refractivity contribution in [1.82, 2.24) is 0 Å². The first kappa shape index (κ1) is 25.3. The van der Waals surface area contributed by atoms with E-state index in [9.17, 15) is 14.7 Å². The summed E-state index contributed by atoms with van der Waals surface area (Å²) in [6.07, 6.45) is -0.501. The van der Waals surface area contributed by atoms with Gasteiger partial charge in [0.15, 0.2) is 12.2 Å². The van der Waals surface area contributed by atoms with Gasteiger partial charge in [-0.05, 0) is 49.4 Å². The Bertz CT molecular complexity index is 1130. The number of carbonyl (C=O) groups is 2. The summed E-state index contributed by atoms with van der Waals surface area (Å²) >= 11 is 0. The minimum Gasteiger partial charge on any atom is -0.491 e. The number of aliphatic hydroxyl groups is 1. The van der Waals surface area contributed by atoms with Gasteiger partial charge < -0.3 is 24.4 Å². The fraction of sp³-hybridized carbons (Fsp3) is 0.185. The molecule has 2 atom stereocenters. The van der Waals surface area contributed by atoms with Gasteiger partial charge in [0.25, 0.3) is 0 Å². The normalized spacial score (nSPS) is 12.5. The number of anilines is 1. The maximum atomic E-state index is 12.8. The third kappa shape index (κ3) is 8.21. The Labute approximate surface area is 203 Å². The van der Waals surface area contributed by atoms with Gasteiger partial charge in [-0.25, -0.2) is 9.59 Å². The molecule has 0 aliphatic carbocycles. The van der Waals surface area contributed by atoms with E-state index in [0.717, 1.165) is 11.6 Å². The molecule has 3 rings (SSSR count). The van der Waals surface area contributed by atoms with Gasteiger partial charge in [0.2, 0.25) is 0 Å². The molecule has 0 aromatic heterocycles. The SMILES string of the molecule is Cc1ccc(NC(=O)O[C@H](c2cccc(OCCO)c2)[C@@H](/C=C/C(=O)O)Oc2ccccc2)cc1. The van der Waals surface area contributed by atoms with Crippen LogP contribution in [-0.2, 0) is 9.53 Å². The summed E-state index contributed by atoms with van der Waals surface area (Å²) < 4.78 is 17.3. The van der Waals surface area contributed by atoms with Crippen molar-refractivity contribution in [3.05, 3.63) is 102 Å². The topological polar surface area (TPSA) is 114 Å². The number of carboxylic acids is 1. The zero-order chi connectivity index (χ0) is 25.0. The largest absolute Gasteiger partial charge is 0.491 e. The average molecular weight is 478 g/mol. The number of hydrogen-bond acceptors (Lipinski definition) is 6. The molecule has 182 valence electrons. The van der Waals surface area contributed by atoms with Crippen molar-refractivity contribution >= 4 is 17.7 Å². The Hall–Kier alpha value is -4.30. The third-order valence-electron chi connectivity index (χ3n) is 4.82. The smallest absolute Gasteiger partial charge is 0.412 e. The van der Waals surface area contributed by atoms with Crippen molar-refractivity contribution in [3.8, 4) is 11.5 Å². The summed E-state index contributed by atoms with van der Waals surface area (Å²) in [5, 5.41) is 21.0. The fourth-order valence-corrected chi connectivity index (χ4v) is 3.20. The van der Waals surface area contributed by atoms with Crippen LogP contribution in [0.2, 0.25) is 0 Å². The second-order valence-electron chi connectivity index (χ2n) is 7.55. The molecule has 8 nitrogen and oxygen atoms in total. The summed E-state index contributed by atoms with van der Waals surface area (Å²) in [5.74, 6) is -0.257. The number of amides is 1. The van der Waals surface area contributed by atoms with E-state index >= 15 is 0 Å². The maximum absolute atomic E-state index is 12.8. The lowest BCUT2D eigenvalue weighted by Gasteiger charge is -2.26. The Morgan fingerprint density at radius 2 is 1.69 bits per heavy atom. The molecule has 0 saturated carbocycles. The second-order valence-corrected chi connectivity index (χ2v) is 7.55. The van der Waals surface area contributed by atoms with E-state index in [1.54, 1.807) is 60.7 Å². The molecule has 0 aliphatic heterocycles. The van der Waals surface area contributed by atoms with Crippen LogP contribution in [0.1, 0.15) is 17.2 Å². The highest BCUT2D eigenvalue weighted by molar-refractivity contribution is 5.85. The first-order chi connectivity index (χ1) is 16.9. The Kier molecular flexibility index (Phi) is 9.27. The first-order valence-electron chi connectivity index (χ1n) is 11.0. The van der Waals surface area contributed by atoms with Crippen molar-refractivity contribution in [3.63, 3.8) is 0 Å². The molecular formula is C27H27NO7. The molecule has 0 saturated heterocycles. The number of rotatable bonds is 11. The predicted molar refractivity (Wildman–Crippen MR) is 131 cm³/mol. The lowest BCUT2D eigenvalue weighted by Crippen LogP contribution is -2.29. The zero-order valence-corrected chi connectivity index (χ0v) is 19.2. The number of carboxylic acid groups (broad SMARTS) is 1. The molecule has 35 heavy (non-hydrogen) atoms. The zero-order valence-electron chi connectivity index (χ0n) is 19.2. The van der Waals surface area contributed by atoms with Crippen LogP contribution in [-0.4, -0.2) is 41.6 Å². The minimum absolute atomic E-state index is 0.0890. The van der Waals surface area contributed by atoms with Gasteiger partial charge in [-0.15, -0.1) is 0 Å². The molecule has 3 aromatic carbocycles. The number of carbonyl (C=O) groups excluding carboxylic acids is 1. The predicted octanol–water partition coefficient (Wildman–Crippen LogP) is 4.74. The van der Waals surface area contributed by atoms with E-state index in [4.69, 9.17) is 19.3 Å². The fourth-order valence-electron chi connectivity index (χ4n) is 3.20. The summed E-state index contributed by atoms with van der Waals surface area (Å²) in [6.45, 7) is 1.86. The molecule has 0 heterocycles. The van der Waals surface area contributed by atoms with Crippen molar-refractivity contribution in [1.29, 1.82) is 0 Å². The molecule has 0 aliphatic rings. The molecule has 0 unspecified atom stereocenters. The Morgan fingerprint density at radius 1 is 0.971 bits per heavy atom. The first-order valence-corrected chi connectivity index (χ1v) is 11.0. The third-order valence-corrected chi connectivity index (χ3v) is 4.82. The summed E-state index contributed by atoms with van der Waals surface area (Å²) in [7, 11) is 0. The van der Waals surface area contributed by atoms with Gasteiger partial charge in [-0.3, -0.25) is 5.32 Å². The van der Waals surface area contributed by atoms with E-state index in [1.807, 2.05) is 25.1 Å². The standard InChI is InChI=1S/C27H27NO7/c1-19-10-12-21(13-11-19)28-27(32)35-26(20-6-5-9-23(18-20)33-17-16-29)24(14-15-25(30)31)34-22-7-3-2-4-8-22/h2-15,18,24,26,29H,16-17H2,1H3,(H,28,32)(H,30,31)/b15-14+/t24-,26-/m1/s1. The van der Waals surface area contributed by atoms with Gasteiger partial charge in [0.1, 0.15) is 18.1 Å². The maximum Gasteiger partial charge on any atom is 0.412 e. The lowest BCUT2D eigenvalue weighted by molar-refractivity contribution is -0.131. The van der Waals surface area contributed by atoms with Gasteiger partial charge in [0.05, 0.1) is 6.61 Å². The molecule has 0 spiro atoms. The van der Waals surface area contributed by atoms with Crippen LogP contribution in [0.25, 0.3) is 0 Å². The molecule has 0 bridgehead atoms. The molecule has 0 fully saturated rings. The van der Waals surface area contributed by atoms with Crippen LogP contribution in [0.15, 0.2) is 91.0 Å². The second kappa shape index (κ2) is 12.8. The van der Waals surface area contributed by atoms with Crippen LogP contribution in [0, 0.1) is 6.92 Å². The molecule has 1 amide bonds.